The second-order valence-electron chi connectivity index (χ2n) is 6.18. The molecular formula is C22H22Cl2N2O4. The highest BCUT2D eigenvalue weighted by atomic mass is 35.5. The Labute approximate surface area is 185 Å². The number of carbonyl (C=O) groups excluding carboxylic acids is 3. The lowest BCUT2D eigenvalue weighted by Gasteiger charge is -2.19. The van der Waals surface area contributed by atoms with Crippen LogP contribution in [0.4, 0.5) is 5.69 Å². The molecule has 158 valence electrons. The van der Waals surface area contributed by atoms with Crippen LogP contribution in [-0.4, -0.2) is 42.4 Å². The van der Waals surface area contributed by atoms with E-state index in [0.29, 0.717) is 39.9 Å². The van der Waals surface area contributed by atoms with Crippen molar-refractivity contribution in [1.82, 2.24) is 4.90 Å². The average Bonchev–Trinajstić information content (AvgIpc) is 2.73. The van der Waals surface area contributed by atoms with Gasteiger partial charge in [-0.15, -0.1) is 0 Å². The first kappa shape index (κ1) is 23.4. The van der Waals surface area contributed by atoms with E-state index in [4.69, 9.17) is 27.9 Å². The Balaban J connectivity index is 1.92. The zero-order valence-corrected chi connectivity index (χ0v) is 18.2. The molecule has 0 atom stereocenters. The molecule has 8 heteroatoms. The fraction of sp³-hybridized carbons (Fsp3) is 0.227. The van der Waals surface area contributed by atoms with Crippen LogP contribution in [0.15, 0.2) is 48.5 Å². The van der Waals surface area contributed by atoms with Crippen LogP contribution < -0.4 is 5.32 Å². The molecule has 0 unspecified atom stereocenters. The summed E-state index contributed by atoms with van der Waals surface area (Å²) in [4.78, 5) is 38.0. The maximum Gasteiger partial charge on any atom is 0.331 e. The van der Waals surface area contributed by atoms with Crippen molar-refractivity contribution in [2.45, 2.75) is 13.8 Å². The third-order valence-electron chi connectivity index (χ3n) is 4.18. The molecule has 30 heavy (non-hydrogen) atoms. The predicted octanol–water partition coefficient (Wildman–Crippen LogP) is 4.67. The van der Waals surface area contributed by atoms with Crippen LogP contribution in [0.5, 0.6) is 0 Å². The first-order chi connectivity index (χ1) is 14.3. The molecule has 0 heterocycles. The Kier molecular flexibility index (Phi) is 8.89. The summed E-state index contributed by atoms with van der Waals surface area (Å²) < 4.78 is 4.93. The Morgan fingerprint density at radius 1 is 1.03 bits per heavy atom. The van der Waals surface area contributed by atoms with Gasteiger partial charge in [0.1, 0.15) is 0 Å². The van der Waals surface area contributed by atoms with Gasteiger partial charge in [0.2, 0.25) is 0 Å². The molecule has 0 spiro atoms. The van der Waals surface area contributed by atoms with E-state index in [1.165, 1.54) is 6.08 Å². The largest absolute Gasteiger partial charge is 0.452 e. The van der Waals surface area contributed by atoms with Gasteiger partial charge in [0.05, 0.1) is 0 Å². The van der Waals surface area contributed by atoms with Gasteiger partial charge in [0.25, 0.3) is 11.8 Å². The fourth-order valence-corrected chi connectivity index (χ4v) is 3.15. The lowest BCUT2D eigenvalue weighted by Crippen LogP contribution is -2.30. The molecule has 0 radical (unpaired) electrons. The number of ether oxygens (including phenoxy) is 1. The van der Waals surface area contributed by atoms with Crippen molar-refractivity contribution in [1.29, 1.82) is 0 Å². The molecule has 1 N–H and O–H groups in total. The number of benzene rings is 2. The first-order valence-corrected chi connectivity index (χ1v) is 10.1. The van der Waals surface area contributed by atoms with Crippen molar-refractivity contribution in [2.24, 2.45) is 0 Å². The lowest BCUT2D eigenvalue weighted by molar-refractivity contribution is -0.142. The minimum Gasteiger partial charge on any atom is -0.452 e. The van der Waals surface area contributed by atoms with E-state index in [9.17, 15) is 14.4 Å². The SMILES string of the molecule is CCN(CC)C(=O)c1cccc(NC(=O)COC(=O)/C=C/c2c(Cl)cccc2Cl)c1. The number of nitrogens with one attached hydrogen (secondary N) is 1. The van der Waals surface area contributed by atoms with Crippen molar-refractivity contribution in [2.75, 3.05) is 25.0 Å². The average molecular weight is 449 g/mol. The molecule has 0 saturated heterocycles. The van der Waals surface area contributed by atoms with Gasteiger partial charge in [0, 0.05) is 46.0 Å². The van der Waals surface area contributed by atoms with Gasteiger partial charge >= 0.3 is 5.97 Å². The summed E-state index contributed by atoms with van der Waals surface area (Å²) in [5.74, 6) is -1.36. The number of amides is 2. The summed E-state index contributed by atoms with van der Waals surface area (Å²) in [5, 5.41) is 3.39. The first-order valence-electron chi connectivity index (χ1n) is 9.33. The smallest absolute Gasteiger partial charge is 0.331 e. The predicted molar refractivity (Wildman–Crippen MR) is 119 cm³/mol. The van der Waals surface area contributed by atoms with Crippen LogP contribution in [0.25, 0.3) is 6.08 Å². The second-order valence-corrected chi connectivity index (χ2v) is 7.00. The number of rotatable bonds is 8. The third kappa shape index (κ3) is 6.61. The Morgan fingerprint density at radius 2 is 1.67 bits per heavy atom. The van der Waals surface area contributed by atoms with E-state index in [1.807, 2.05) is 13.8 Å². The Hall–Kier alpha value is -2.83. The van der Waals surface area contributed by atoms with E-state index in [0.717, 1.165) is 6.08 Å². The Morgan fingerprint density at radius 3 is 2.30 bits per heavy atom. The highest BCUT2D eigenvalue weighted by Crippen LogP contribution is 2.25. The number of hydrogen-bond acceptors (Lipinski definition) is 4. The van der Waals surface area contributed by atoms with E-state index in [-0.39, 0.29) is 5.91 Å². The van der Waals surface area contributed by atoms with Gasteiger partial charge in [-0.2, -0.15) is 0 Å². The number of nitrogens with zero attached hydrogens (tertiary/aromatic N) is 1. The molecule has 0 aliphatic heterocycles. The lowest BCUT2D eigenvalue weighted by atomic mass is 10.1. The normalized spacial score (nSPS) is 10.7. The molecule has 2 aromatic carbocycles. The highest BCUT2D eigenvalue weighted by molar-refractivity contribution is 6.37. The standard InChI is InChI=1S/C22H22Cl2N2O4/c1-3-26(4-2)22(29)15-7-5-8-16(13-15)25-20(27)14-30-21(28)12-11-17-18(23)9-6-10-19(17)24/h5-13H,3-4,14H2,1-2H3,(H,25,27)/b12-11+. The highest BCUT2D eigenvalue weighted by Gasteiger charge is 2.13. The van der Waals surface area contributed by atoms with Crippen molar-refractivity contribution in [3.05, 3.63) is 69.7 Å². The number of anilines is 1. The van der Waals surface area contributed by atoms with Crippen molar-refractivity contribution >= 4 is 52.7 Å². The van der Waals surface area contributed by atoms with Gasteiger partial charge in [-0.05, 0) is 50.3 Å². The fourth-order valence-electron chi connectivity index (χ4n) is 2.63. The third-order valence-corrected chi connectivity index (χ3v) is 4.83. The van der Waals surface area contributed by atoms with Gasteiger partial charge < -0.3 is 15.0 Å². The Bertz CT molecular complexity index is 936. The summed E-state index contributed by atoms with van der Waals surface area (Å²) in [6.07, 6.45) is 2.57. The minimum absolute atomic E-state index is 0.120. The molecule has 6 nitrogen and oxygen atoms in total. The zero-order valence-electron chi connectivity index (χ0n) is 16.7. The maximum atomic E-state index is 12.4. The van der Waals surface area contributed by atoms with Crippen LogP contribution in [0, 0.1) is 0 Å². The van der Waals surface area contributed by atoms with E-state index in [2.05, 4.69) is 5.32 Å². The monoisotopic (exact) mass is 448 g/mol. The van der Waals surface area contributed by atoms with Gasteiger partial charge in [-0.1, -0.05) is 35.3 Å². The number of halogens is 2. The van der Waals surface area contributed by atoms with Crippen LogP contribution in [0.3, 0.4) is 0 Å². The number of carbonyl (C=O) groups is 3. The summed E-state index contributed by atoms with van der Waals surface area (Å²) in [6.45, 7) is 4.50. The van der Waals surface area contributed by atoms with Crippen LogP contribution in [-0.2, 0) is 14.3 Å². The topological polar surface area (TPSA) is 75.7 Å². The summed E-state index contributed by atoms with van der Waals surface area (Å²) in [5.41, 5.74) is 1.39. The van der Waals surface area contributed by atoms with Crippen molar-refractivity contribution < 1.29 is 19.1 Å². The van der Waals surface area contributed by atoms with Crippen molar-refractivity contribution in [3.8, 4) is 0 Å². The molecule has 0 fully saturated rings. The van der Waals surface area contributed by atoms with Gasteiger partial charge in [-0.25, -0.2) is 4.79 Å². The summed E-state index contributed by atoms with van der Waals surface area (Å²) in [7, 11) is 0. The molecule has 2 rings (SSSR count). The maximum absolute atomic E-state index is 12.4. The van der Waals surface area contributed by atoms with Crippen molar-refractivity contribution in [3.63, 3.8) is 0 Å². The molecule has 0 aliphatic rings. The quantitative estimate of drug-likeness (QED) is 0.470. The van der Waals surface area contributed by atoms with E-state index >= 15 is 0 Å². The van der Waals surface area contributed by atoms with Crippen LogP contribution >= 0.6 is 23.2 Å². The zero-order chi connectivity index (χ0) is 22.1. The number of esters is 1. The molecule has 0 aliphatic carbocycles. The van der Waals surface area contributed by atoms with E-state index < -0.39 is 18.5 Å². The molecule has 0 saturated carbocycles. The van der Waals surface area contributed by atoms with E-state index in [1.54, 1.807) is 47.4 Å². The molecule has 2 aromatic rings. The number of hydrogen-bond donors (Lipinski definition) is 1. The summed E-state index contributed by atoms with van der Waals surface area (Å²) in [6, 6.07) is 11.6. The molecular weight excluding hydrogens is 427 g/mol. The molecule has 0 aromatic heterocycles. The molecule has 0 bridgehead atoms. The van der Waals surface area contributed by atoms with Crippen LogP contribution in [0.1, 0.15) is 29.8 Å². The second kappa shape index (κ2) is 11.4. The molecule has 2 amide bonds. The van der Waals surface area contributed by atoms with Gasteiger partial charge in [-0.3, -0.25) is 9.59 Å². The minimum atomic E-state index is -0.716. The summed E-state index contributed by atoms with van der Waals surface area (Å²) >= 11 is 12.0. The van der Waals surface area contributed by atoms with Gasteiger partial charge in [0.15, 0.2) is 6.61 Å². The van der Waals surface area contributed by atoms with Crippen LogP contribution in [0.2, 0.25) is 10.0 Å².